The Balaban J connectivity index is 0.00000148. The van der Waals surface area contributed by atoms with Gasteiger partial charge in [0.25, 0.3) is 0 Å². The summed E-state index contributed by atoms with van der Waals surface area (Å²) < 4.78 is 123. The molecule has 0 aromatic heterocycles. The minimum absolute atomic E-state index is 0. The standard InChI is InChI=1S/C16H10O10S3.Cl2O2S.3Na/c17-11-5-12(27(18,19)20)8-3-4-10-14(29(24,25)26)6-13(28(21,22)23)9-2-1-7(11)15(8)16(9)10;1-5(2,3)4;;;/h1-6,17H,(H,18,19,20)(H,21,22,23)(H,24,25,26);;;;/q;;3*+1/p-3. The Bertz CT molecular complexity index is 1870. The molecule has 0 aliphatic rings. The maximum Gasteiger partial charge on any atom is 1.00 e. The Morgan fingerprint density at radius 2 is 0.784 bits per heavy atom. The molecular weight excluding hydrogens is 652 g/mol. The van der Waals surface area contributed by atoms with Crippen molar-refractivity contribution in [3.8, 4) is 5.75 Å². The average Bonchev–Trinajstić information content (AvgIpc) is 2.62. The maximum absolute atomic E-state index is 11.7. The number of hydrogen-bond acceptors (Lipinski definition) is 12. The quantitative estimate of drug-likeness (QED) is 0.0937. The predicted octanol–water partition coefficient (Wildman–Crippen LogP) is -7.28. The summed E-state index contributed by atoms with van der Waals surface area (Å²) in [5.41, 5.74) is 0. The zero-order valence-corrected chi connectivity index (χ0v) is 29.6. The fourth-order valence-corrected chi connectivity index (χ4v) is 5.67. The Hall–Kier alpha value is 0.980. The van der Waals surface area contributed by atoms with Gasteiger partial charge in [0.05, 0.1) is 14.7 Å². The molecule has 12 nitrogen and oxygen atoms in total. The van der Waals surface area contributed by atoms with E-state index < -0.39 is 59.1 Å². The minimum atomic E-state index is -5.25. The van der Waals surface area contributed by atoms with Gasteiger partial charge in [-0.25, -0.2) is 25.3 Å². The van der Waals surface area contributed by atoms with Crippen molar-refractivity contribution in [3.05, 3.63) is 36.4 Å². The topological polar surface area (TPSA) is 226 Å². The van der Waals surface area contributed by atoms with Crippen LogP contribution >= 0.6 is 21.4 Å². The van der Waals surface area contributed by atoms with E-state index in [1.54, 1.807) is 0 Å². The van der Waals surface area contributed by atoms with Crippen LogP contribution in [0.3, 0.4) is 0 Å². The summed E-state index contributed by atoms with van der Waals surface area (Å²) in [5.74, 6) is -0.650. The molecule has 0 saturated carbocycles. The fourth-order valence-electron chi connectivity index (χ4n) is 3.50. The second kappa shape index (κ2) is 12.9. The van der Waals surface area contributed by atoms with Crippen molar-refractivity contribution in [2.24, 2.45) is 0 Å². The molecule has 0 spiro atoms. The molecule has 1 N–H and O–H groups in total. The molecule has 0 amide bonds. The third-order valence-corrected chi connectivity index (χ3v) is 7.20. The van der Waals surface area contributed by atoms with Gasteiger partial charge in [0, 0.05) is 53.7 Å². The Morgan fingerprint density at radius 1 is 0.541 bits per heavy atom. The van der Waals surface area contributed by atoms with E-state index in [1.807, 2.05) is 0 Å². The van der Waals surface area contributed by atoms with Gasteiger partial charge in [0.1, 0.15) is 36.1 Å². The summed E-state index contributed by atoms with van der Waals surface area (Å²) in [4.78, 5) is -2.86. The van der Waals surface area contributed by atoms with Gasteiger partial charge in [-0.05, 0) is 18.2 Å². The predicted molar refractivity (Wildman–Crippen MR) is 116 cm³/mol. The summed E-state index contributed by atoms with van der Waals surface area (Å²) in [6, 6.07) is 5.54. The SMILES string of the molecule is O=S(=O)(Cl)Cl.O=S(=O)([O-])c1cc(O)c2ccc3c(S(=O)(=O)[O-])cc(S(=O)(=O)[O-])c4ccc1c2c34.[Na+].[Na+].[Na+]. The fraction of sp³-hybridized carbons (Fsp3) is 0. The number of rotatable bonds is 3. The Morgan fingerprint density at radius 3 is 1.08 bits per heavy atom. The molecule has 0 radical (unpaired) electrons. The van der Waals surface area contributed by atoms with E-state index in [9.17, 15) is 44.0 Å². The van der Waals surface area contributed by atoms with Crippen LogP contribution < -0.4 is 88.7 Å². The van der Waals surface area contributed by atoms with E-state index in [0.717, 1.165) is 18.2 Å². The van der Waals surface area contributed by atoms with Gasteiger partial charge in [0.2, 0.25) is 0 Å². The van der Waals surface area contributed by atoms with Gasteiger partial charge < -0.3 is 18.8 Å². The van der Waals surface area contributed by atoms with Gasteiger partial charge in [-0.3, -0.25) is 0 Å². The third-order valence-electron chi connectivity index (χ3n) is 4.57. The summed E-state index contributed by atoms with van der Waals surface area (Å²) >= 11 is 0. The van der Waals surface area contributed by atoms with Crippen molar-refractivity contribution in [1.82, 2.24) is 0 Å². The van der Waals surface area contributed by atoms with Gasteiger partial charge in [-0.1, -0.05) is 18.2 Å². The molecule has 4 aromatic rings. The second-order valence-electron chi connectivity index (χ2n) is 6.58. The molecular formula is C16H7Cl2Na3O12S4. The van der Waals surface area contributed by atoms with Crippen molar-refractivity contribution >= 4 is 92.3 Å². The number of hydrogen-bond donors (Lipinski definition) is 1. The number of benzene rings is 4. The molecule has 0 bridgehead atoms. The maximum atomic E-state index is 11.7. The smallest absolute Gasteiger partial charge is 0.744 e. The molecule has 0 unspecified atom stereocenters. The molecule has 0 fully saturated rings. The Kier molecular flexibility index (Phi) is 13.2. The molecule has 0 saturated heterocycles. The van der Waals surface area contributed by atoms with Crippen LogP contribution in [0.2, 0.25) is 0 Å². The number of phenolic OH excluding ortho intramolecular Hbond substituents is 1. The molecule has 4 rings (SSSR count). The Labute approximate surface area is 286 Å². The van der Waals surface area contributed by atoms with Crippen LogP contribution in [-0.2, 0) is 38.6 Å². The first-order valence-electron chi connectivity index (χ1n) is 8.20. The van der Waals surface area contributed by atoms with E-state index in [-0.39, 0.29) is 121 Å². The average molecular weight is 659 g/mol. The molecule has 21 heteroatoms. The van der Waals surface area contributed by atoms with E-state index in [0.29, 0.717) is 12.1 Å². The first-order chi connectivity index (χ1) is 15.2. The van der Waals surface area contributed by atoms with Crippen LogP contribution in [-0.4, -0.2) is 52.4 Å². The number of halogens is 2. The third kappa shape index (κ3) is 8.50. The van der Waals surface area contributed by atoms with E-state index in [2.05, 4.69) is 21.4 Å². The van der Waals surface area contributed by atoms with Gasteiger partial charge >= 0.3 is 96.9 Å². The van der Waals surface area contributed by atoms with E-state index in [4.69, 9.17) is 8.42 Å². The van der Waals surface area contributed by atoms with Crippen molar-refractivity contribution in [2.75, 3.05) is 0 Å². The molecule has 184 valence electrons. The molecule has 4 aromatic carbocycles. The number of aromatic hydroxyl groups is 1. The van der Waals surface area contributed by atoms with Gasteiger partial charge in [-0.15, -0.1) is 0 Å². The molecule has 0 atom stereocenters. The summed E-state index contributed by atoms with van der Waals surface area (Å²) in [5, 5.41) is 8.89. The first kappa shape index (κ1) is 38.0. The summed E-state index contributed by atoms with van der Waals surface area (Å²) in [6.45, 7) is 0. The van der Waals surface area contributed by atoms with Gasteiger partial charge in [0.15, 0.2) is 0 Å². The van der Waals surface area contributed by atoms with Crippen LogP contribution in [0, 0.1) is 0 Å². The monoisotopic (exact) mass is 658 g/mol. The summed E-state index contributed by atoms with van der Waals surface area (Å²) in [6.07, 6.45) is 0. The van der Waals surface area contributed by atoms with Crippen LogP contribution in [0.4, 0.5) is 0 Å². The van der Waals surface area contributed by atoms with Crippen molar-refractivity contribution in [3.63, 3.8) is 0 Å². The van der Waals surface area contributed by atoms with Crippen molar-refractivity contribution in [2.45, 2.75) is 14.7 Å². The largest absolute Gasteiger partial charge is 1.00 e. The normalized spacial score (nSPS) is 12.2. The zero-order chi connectivity index (χ0) is 26.0. The summed E-state index contributed by atoms with van der Waals surface area (Å²) in [7, 11) is -10.8. The molecule has 0 heterocycles. The number of phenols is 1. The minimum Gasteiger partial charge on any atom is -0.744 e. The molecule has 0 aliphatic carbocycles. The molecule has 37 heavy (non-hydrogen) atoms. The zero-order valence-electron chi connectivity index (χ0n) is 18.8. The second-order valence-corrected chi connectivity index (χ2v) is 14.3. The van der Waals surface area contributed by atoms with E-state index >= 15 is 0 Å². The first-order valence-corrected chi connectivity index (χ1v) is 15.6. The van der Waals surface area contributed by atoms with Crippen molar-refractivity contribution in [1.29, 1.82) is 0 Å². The van der Waals surface area contributed by atoms with Crippen molar-refractivity contribution < 1.29 is 141 Å². The van der Waals surface area contributed by atoms with Crippen LogP contribution in [0.25, 0.3) is 32.3 Å². The van der Waals surface area contributed by atoms with E-state index in [1.165, 1.54) is 6.07 Å². The molecule has 0 aliphatic heterocycles. The van der Waals surface area contributed by atoms with Crippen LogP contribution in [0.1, 0.15) is 0 Å². The van der Waals surface area contributed by atoms with Crippen LogP contribution in [0.15, 0.2) is 51.1 Å². The van der Waals surface area contributed by atoms with Gasteiger partial charge in [-0.2, -0.15) is 8.42 Å². The van der Waals surface area contributed by atoms with Crippen LogP contribution in [0.5, 0.6) is 5.75 Å².